The van der Waals surface area contributed by atoms with Crippen molar-refractivity contribution < 1.29 is 25.2 Å². The number of unbranched alkanes of at least 4 members (excludes halogenated alkanes) is 6. The number of nitrogens with zero attached hydrogens (tertiary/aromatic N) is 1. The molecule has 0 bridgehead atoms. The van der Waals surface area contributed by atoms with Crippen molar-refractivity contribution in [1.82, 2.24) is 4.44 Å². The van der Waals surface area contributed by atoms with E-state index in [9.17, 15) is 16.8 Å². The highest BCUT2D eigenvalue weighted by Gasteiger charge is 2.42. The Balaban J connectivity index is 1.88. The van der Waals surface area contributed by atoms with E-state index in [1.54, 1.807) is 22.5 Å². The third kappa shape index (κ3) is 16.3. The van der Waals surface area contributed by atoms with Crippen LogP contribution >= 0.6 is 16.1 Å². The van der Waals surface area contributed by atoms with Crippen LogP contribution in [0.15, 0.2) is 97.1 Å². The van der Waals surface area contributed by atoms with Crippen LogP contribution in [0.1, 0.15) is 151 Å². The normalized spacial score (nSPS) is 14.2. The molecule has 13 heteroatoms. The Labute approximate surface area is 425 Å². The topological polar surface area (TPSA) is 90.0 Å². The largest absolute Gasteiger partial charge is 0.382 e. The summed E-state index contributed by atoms with van der Waals surface area (Å²) in [5.41, 5.74) is 0. The zero-order valence-electron chi connectivity index (χ0n) is 43.7. The molecule has 1 aliphatic rings. The Hall–Kier alpha value is -2.37. The van der Waals surface area contributed by atoms with Gasteiger partial charge in [0.1, 0.15) is 0 Å². The van der Waals surface area contributed by atoms with Gasteiger partial charge in [0.25, 0.3) is 0 Å². The van der Waals surface area contributed by atoms with Gasteiger partial charge in [-0.1, -0.05) is 257 Å². The molecule has 4 aromatic carbocycles. The molecular formula is C56H87NO6P2S2Si2. The van der Waals surface area contributed by atoms with Crippen LogP contribution in [0.4, 0.5) is 0 Å². The lowest BCUT2D eigenvalue weighted by Gasteiger charge is -2.45. The fourth-order valence-corrected chi connectivity index (χ4v) is 29.5. The van der Waals surface area contributed by atoms with Crippen LogP contribution in [0.2, 0.25) is 36.3 Å². The van der Waals surface area contributed by atoms with Crippen LogP contribution in [0.25, 0.3) is 0 Å². The van der Waals surface area contributed by atoms with Crippen LogP contribution in [-0.2, 0) is 20.2 Å². The van der Waals surface area contributed by atoms with Gasteiger partial charge in [0.15, 0.2) is 11.5 Å². The average Bonchev–Trinajstić information content (AvgIpc) is 3.34. The molecule has 0 aromatic heterocycles. The molecule has 69 heavy (non-hydrogen) atoms. The average molecular weight is 1050 g/mol. The molecule has 1 aliphatic carbocycles. The number of rotatable bonds is 31. The summed E-state index contributed by atoms with van der Waals surface area (Å²) in [6.07, 6.45) is 22.3. The van der Waals surface area contributed by atoms with Crippen molar-refractivity contribution in [2.75, 3.05) is 12.5 Å². The molecule has 0 spiro atoms. The first-order valence-corrected chi connectivity index (χ1v) is 38.2. The molecule has 382 valence electrons. The number of hydrogen-bond donors (Lipinski definition) is 0. The molecule has 0 unspecified atom stereocenters. The van der Waals surface area contributed by atoms with Crippen molar-refractivity contribution in [2.45, 2.75) is 193 Å². The molecule has 0 saturated heterocycles. The van der Waals surface area contributed by atoms with Gasteiger partial charge in [-0.15, -0.1) is 0 Å². The van der Waals surface area contributed by atoms with E-state index in [1.165, 1.54) is 124 Å². The third-order valence-corrected chi connectivity index (χ3v) is 32.2. The number of benzene rings is 4. The third-order valence-electron chi connectivity index (χ3n) is 14.5. The molecule has 0 aliphatic heterocycles. The fraction of sp³-hybridized carbons (Fsp3) is 0.571. The van der Waals surface area contributed by atoms with E-state index in [2.05, 4.69) is 94.5 Å². The standard InChI is InChI=1S/C56H87NO6P2S2Si2/c1-9-15-42-68(43-16-10-2,44-17-11-3)51-38-34-49(35-39-51)64(50-36-40-52(41-37-50)69(45-18-12-4,46-19-13-5)47-20-14-6)57(48-28-22-21-23-29-48)65(55-32-26-24-30-53(55)62-66(7,58)59)56-33-27-25-31-54(56)63-67(8,60)61/h24-27,30-41,48H,9-23,28-29,42-47H2,1-8H3. The van der Waals surface area contributed by atoms with Gasteiger partial charge < -0.3 is 8.37 Å². The summed E-state index contributed by atoms with van der Waals surface area (Å²) in [6.45, 7) is 14.0. The molecule has 1 saturated carbocycles. The highest BCUT2D eigenvalue weighted by atomic mass is 32.2. The summed E-state index contributed by atoms with van der Waals surface area (Å²) in [6, 6.07) is 43.0. The maximum atomic E-state index is 13.1. The first-order valence-electron chi connectivity index (χ1n) is 26.8. The minimum Gasteiger partial charge on any atom is -0.382 e. The quantitative estimate of drug-likeness (QED) is 0.0282. The molecule has 0 heterocycles. The van der Waals surface area contributed by atoms with Gasteiger partial charge in [-0.3, -0.25) is 0 Å². The van der Waals surface area contributed by atoms with Gasteiger partial charge >= 0.3 is 20.2 Å². The van der Waals surface area contributed by atoms with Gasteiger partial charge in [0, 0.05) is 32.8 Å². The SMILES string of the molecule is CCCC[Si](CCCC)(CCCC)c1ccc(P(c2ccc([Si](CCCC)(CCCC)CCCC)cc2)N(C2CCCCC2)P(c2ccccc2OS(C)(=O)=O)c2ccccc2OS(C)(=O)=O)cc1. The fourth-order valence-electron chi connectivity index (χ4n) is 10.8. The monoisotopic (exact) mass is 1050 g/mol. The summed E-state index contributed by atoms with van der Waals surface area (Å²) in [4.78, 5) is 0. The van der Waals surface area contributed by atoms with Crippen LogP contribution in [0.5, 0.6) is 11.5 Å². The van der Waals surface area contributed by atoms with Crippen molar-refractivity contribution in [2.24, 2.45) is 0 Å². The van der Waals surface area contributed by atoms with Crippen LogP contribution < -0.4 is 40.0 Å². The molecular weight excluding hydrogens is 965 g/mol. The predicted octanol–water partition coefficient (Wildman–Crippen LogP) is 13.5. The maximum absolute atomic E-state index is 13.1. The van der Waals surface area contributed by atoms with Gasteiger partial charge in [-0.25, -0.2) is 4.44 Å². The van der Waals surface area contributed by atoms with E-state index in [4.69, 9.17) is 8.37 Å². The minimum atomic E-state index is -3.93. The van der Waals surface area contributed by atoms with E-state index in [1.807, 2.05) is 36.4 Å². The number of para-hydroxylation sites is 2. The first-order chi connectivity index (χ1) is 33.2. The predicted molar refractivity (Wildman–Crippen MR) is 307 cm³/mol. The Kier molecular flexibility index (Phi) is 23.5. The van der Waals surface area contributed by atoms with Crippen LogP contribution in [0.3, 0.4) is 0 Å². The lowest BCUT2D eigenvalue weighted by atomic mass is 9.96. The molecule has 4 aromatic rings. The lowest BCUT2D eigenvalue weighted by Crippen LogP contribution is -2.48. The second-order valence-corrected chi connectivity index (χ2v) is 36.9. The van der Waals surface area contributed by atoms with Gasteiger partial charge in [0.2, 0.25) is 0 Å². The van der Waals surface area contributed by atoms with Gasteiger partial charge in [0.05, 0.1) is 28.7 Å². The zero-order chi connectivity index (χ0) is 49.9. The Morgan fingerprint density at radius 1 is 0.464 bits per heavy atom. The Morgan fingerprint density at radius 3 is 1.09 bits per heavy atom. The second-order valence-electron chi connectivity index (χ2n) is 20.0. The second kappa shape index (κ2) is 28.2. The van der Waals surface area contributed by atoms with Crippen LogP contribution in [0, 0.1) is 0 Å². The Morgan fingerprint density at radius 2 is 0.783 bits per heavy atom. The van der Waals surface area contributed by atoms with E-state index in [0.29, 0.717) is 0 Å². The molecule has 0 radical (unpaired) electrons. The van der Waals surface area contributed by atoms with Crippen molar-refractivity contribution in [3.05, 3.63) is 97.1 Å². The highest BCUT2D eigenvalue weighted by Crippen LogP contribution is 2.59. The maximum Gasteiger partial charge on any atom is 0.306 e. The van der Waals surface area contributed by atoms with E-state index in [0.717, 1.165) is 55.2 Å². The summed E-state index contributed by atoms with van der Waals surface area (Å²) < 4.78 is 67.0. The molecule has 7 nitrogen and oxygen atoms in total. The van der Waals surface area contributed by atoms with Gasteiger partial charge in [-0.05, 0) is 47.7 Å². The minimum absolute atomic E-state index is 0.118. The van der Waals surface area contributed by atoms with Crippen molar-refractivity contribution in [1.29, 1.82) is 0 Å². The summed E-state index contributed by atoms with van der Waals surface area (Å²) >= 11 is 0. The van der Waals surface area contributed by atoms with Crippen molar-refractivity contribution in [3.8, 4) is 11.5 Å². The smallest absolute Gasteiger partial charge is 0.306 e. The molecule has 0 atom stereocenters. The van der Waals surface area contributed by atoms with E-state index in [-0.39, 0.29) is 17.5 Å². The highest BCUT2D eigenvalue weighted by molar-refractivity contribution is 7.87. The number of hydrogen-bond acceptors (Lipinski definition) is 7. The van der Waals surface area contributed by atoms with E-state index < -0.39 is 52.5 Å². The molecule has 5 rings (SSSR count). The molecule has 1 fully saturated rings. The van der Waals surface area contributed by atoms with Gasteiger partial charge in [-0.2, -0.15) is 16.8 Å². The van der Waals surface area contributed by atoms with Crippen LogP contribution in [-0.4, -0.2) is 56.0 Å². The van der Waals surface area contributed by atoms with Crippen molar-refractivity contribution in [3.63, 3.8) is 0 Å². The summed E-state index contributed by atoms with van der Waals surface area (Å²) in [5.74, 6) is 0.526. The first kappa shape index (κ1) is 57.5. The summed E-state index contributed by atoms with van der Waals surface area (Å²) in [5, 5.41) is 7.14. The summed E-state index contributed by atoms with van der Waals surface area (Å²) in [7, 11) is -14.5. The van der Waals surface area contributed by atoms with Crippen molar-refractivity contribution >= 4 is 84.1 Å². The zero-order valence-corrected chi connectivity index (χ0v) is 49.1. The Bertz CT molecular complexity index is 2170. The molecule has 0 amide bonds. The lowest BCUT2D eigenvalue weighted by molar-refractivity contribution is 0.355. The van der Waals surface area contributed by atoms with E-state index >= 15 is 0 Å². The molecule has 0 N–H and O–H groups in total.